The molecule has 1 amide bonds. The number of aromatic nitrogens is 2. The summed E-state index contributed by atoms with van der Waals surface area (Å²) in [4.78, 5) is 18.6. The average molecular weight is 323 g/mol. The minimum Gasteiger partial charge on any atom is -0.322 e. The number of hydrogen-bond donors (Lipinski definition) is 1. The molecular weight excluding hydrogens is 306 g/mol. The molecule has 1 aromatic rings. The van der Waals surface area contributed by atoms with Crippen LogP contribution in [0.5, 0.6) is 0 Å². The number of nitrogens with zero attached hydrogens (tertiary/aromatic N) is 4. The van der Waals surface area contributed by atoms with Crippen LogP contribution in [-0.2, 0) is 11.2 Å². The summed E-state index contributed by atoms with van der Waals surface area (Å²) in [5.41, 5.74) is 1.01. The summed E-state index contributed by atoms with van der Waals surface area (Å²) in [7, 11) is 0. The van der Waals surface area contributed by atoms with E-state index >= 15 is 0 Å². The molecule has 8 heteroatoms. The highest BCUT2D eigenvalue weighted by molar-refractivity contribution is 8.16. The Kier molecular flexibility index (Phi) is 4.25. The zero-order valence-corrected chi connectivity index (χ0v) is 13.6. The minimum atomic E-state index is -0.0535. The molecule has 3 rings (SSSR count). The van der Waals surface area contributed by atoms with Crippen molar-refractivity contribution in [2.75, 3.05) is 18.4 Å². The molecular formula is C13H17N5OS2. The monoisotopic (exact) mass is 323 g/mol. The Morgan fingerprint density at radius 1 is 1.48 bits per heavy atom. The van der Waals surface area contributed by atoms with Gasteiger partial charge in [-0.1, -0.05) is 36.9 Å². The molecule has 0 aromatic carbocycles. The van der Waals surface area contributed by atoms with Crippen LogP contribution in [0.3, 0.4) is 0 Å². The molecule has 3 heterocycles. The highest BCUT2D eigenvalue weighted by atomic mass is 32.2. The summed E-state index contributed by atoms with van der Waals surface area (Å²) in [5.74, 6) is 0.484. The van der Waals surface area contributed by atoms with Crippen molar-refractivity contribution in [1.29, 1.82) is 0 Å². The smallest absolute Gasteiger partial charge is 0.232 e. The van der Waals surface area contributed by atoms with Gasteiger partial charge in [-0.3, -0.25) is 9.79 Å². The fraction of sp³-hybridized carbons (Fsp3) is 0.538. The van der Waals surface area contributed by atoms with Gasteiger partial charge in [-0.25, -0.2) is 0 Å². The van der Waals surface area contributed by atoms with Gasteiger partial charge in [-0.2, -0.15) is 0 Å². The molecule has 0 unspecified atom stereocenters. The molecule has 0 saturated heterocycles. The van der Waals surface area contributed by atoms with E-state index in [1.165, 1.54) is 11.3 Å². The van der Waals surface area contributed by atoms with Crippen molar-refractivity contribution < 1.29 is 4.79 Å². The van der Waals surface area contributed by atoms with Gasteiger partial charge in [-0.05, 0) is 11.3 Å². The van der Waals surface area contributed by atoms with Gasteiger partial charge in [0, 0.05) is 18.7 Å². The van der Waals surface area contributed by atoms with Gasteiger partial charge in [0.25, 0.3) is 0 Å². The summed E-state index contributed by atoms with van der Waals surface area (Å²) in [6.45, 7) is 5.97. The molecule has 0 aliphatic carbocycles. The van der Waals surface area contributed by atoms with Crippen molar-refractivity contribution in [3.63, 3.8) is 0 Å². The van der Waals surface area contributed by atoms with Gasteiger partial charge in [0.05, 0.1) is 13.0 Å². The zero-order valence-electron chi connectivity index (χ0n) is 12.0. The van der Waals surface area contributed by atoms with E-state index in [2.05, 4.69) is 39.3 Å². The van der Waals surface area contributed by atoms with Crippen molar-refractivity contribution in [3.05, 3.63) is 16.1 Å². The molecule has 0 atom stereocenters. The summed E-state index contributed by atoms with van der Waals surface area (Å²) < 4.78 is 0. The minimum absolute atomic E-state index is 0.0535. The van der Waals surface area contributed by atoms with E-state index in [1.54, 1.807) is 11.8 Å². The molecule has 0 saturated carbocycles. The normalized spacial score (nSPS) is 17.0. The van der Waals surface area contributed by atoms with Crippen molar-refractivity contribution >= 4 is 39.3 Å². The molecule has 6 nitrogen and oxygen atoms in total. The first kappa shape index (κ1) is 14.5. The van der Waals surface area contributed by atoms with Gasteiger partial charge in [0.15, 0.2) is 5.17 Å². The Bertz CT molecular complexity index is 607. The lowest BCUT2D eigenvalue weighted by atomic mass is 10.1. The van der Waals surface area contributed by atoms with Crippen LogP contribution in [0.4, 0.5) is 5.13 Å². The number of thioether (sulfide) groups is 1. The SMILES string of the molecule is CC(C)Cc1nnc(NC(=O)CC2=CSC3=NCCN23)s1. The van der Waals surface area contributed by atoms with Crippen LogP contribution in [0.25, 0.3) is 0 Å². The number of hydrogen-bond acceptors (Lipinski definition) is 7. The number of amides is 1. The van der Waals surface area contributed by atoms with Crippen LogP contribution in [0.15, 0.2) is 16.1 Å². The molecule has 2 aliphatic heterocycles. The Balaban J connectivity index is 1.55. The summed E-state index contributed by atoms with van der Waals surface area (Å²) in [5, 5.41) is 15.5. The van der Waals surface area contributed by atoms with E-state index in [-0.39, 0.29) is 5.91 Å². The third kappa shape index (κ3) is 3.44. The lowest BCUT2D eigenvalue weighted by molar-refractivity contribution is -0.115. The first-order valence-corrected chi connectivity index (χ1v) is 8.61. The summed E-state index contributed by atoms with van der Waals surface area (Å²) >= 11 is 3.04. The van der Waals surface area contributed by atoms with Crippen LogP contribution in [0, 0.1) is 5.92 Å². The average Bonchev–Trinajstić information content (AvgIpc) is 3.08. The molecule has 0 spiro atoms. The number of nitrogens with one attached hydrogen (secondary N) is 1. The number of fused-ring (bicyclic) bond motifs is 1. The van der Waals surface area contributed by atoms with Crippen molar-refractivity contribution in [2.24, 2.45) is 10.9 Å². The largest absolute Gasteiger partial charge is 0.322 e. The van der Waals surface area contributed by atoms with Crippen LogP contribution >= 0.6 is 23.1 Å². The number of aliphatic imine (C=N–C) groups is 1. The molecule has 112 valence electrons. The maximum atomic E-state index is 12.1. The van der Waals surface area contributed by atoms with Gasteiger partial charge in [0.2, 0.25) is 11.0 Å². The molecule has 2 aliphatic rings. The predicted octanol–water partition coefficient (Wildman–Crippen LogP) is 2.33. The molecule has 1 N–H and O–H groups in total. The van der Waals surface area contributed by atoms with Gasteiger partial charge in [-0.15, -0.1) is 10.2 Å². The number of carbonyl (C=O) groups excluding carboxylic acids is 1. The van der Waals surface area contributed by atoms with E-state index < -0.39 is 0 Å². The molecule has 0 radical (unpaired) electrons. The first-order chi connectivity index (χ1) is 10.1. The number of amidine groups is 1. The molecule has 1 aromatic heterocycles. The molecule has 21 heavy (non-hydrogen) atoms. The van der Waals surface area contributed by atoms with E-state index in [1.807, 2.05) is 5.41 Å². The summed E-state index contributed by atoms with van der Waals surface area (Å²) in [6, 6.07) is 0. The third-order valence-electron chi connectivity index (χ3n) is 3.09. The Morgan fingerprint density at radius 3 is 3.14 bits per heavy atom. The first-order valence-electron chi connectivity index (χ1n) is 6.91. The number of rotatable bonds is 5. The van der Waals surface area contributed by atoms with E-state index in [0.717, 1.165) is 35.4 Å². The lowest BCUT2D eigenvalue weighted by Gasteiger charge is -2.15. The highest BCUT2D eigenvalue weighted by Crippen LogP contribution is 2.31. The van der Waals surface area contributed by atoms with Crippen molar-refractivity contribution in [2.45, 2.75) is 26.7 Å². The van der Waals surface area contributed by atoms with E-state index in [0.29, 0.717) is 17.5 Å². The number of carbonyl (C=O) groups is 1. The lowest BCUT2D eigenvalue weighted by Crippen LogP contribution is -2.24. The predicted molar refractivity (Wildman–Crippen MR) is 86.4 cm³/mol. The highest BCUT2D eigenvalue weighted by Gasteiger charge is 2.27. The zero-order chi connectivity index (χ0) is 14.8. The van der Waals surface area contributed by atoms with Gasteiger partial charge < -0.3 is 10.2 Å². The fourth-order valence-corrected chi connectivity index (χ4v) is 4.10. The van der Waals surface area contributed by atoms with Crippen LogP contribution in [0.2, 0.25) is 0 Å². The van der Waals surface area contributed by atoms with Crippen LogP contribution in [-0.4, -0.2) is 39.3 Å². The van der Waals surface area contributed by atoms with Crippen LogP contribution < -0.4 is 5.32 Å². The van der Waals surface area contributed by atoms with E-state index in [4.69, 9.17) is 0 Å². The Labute approximate surface area is 131 Å². The Morgan fingerprint density at radius 2 is 2.33 bits per heavy atom. The Hall–Kier alpha value is -1.41. The standard InChI is InChI=1S/C13H17N5OS2/c1-8(2)5-11-16-17-12(21-11)15-10(19)6-9-7-20-13-14-3-4-18(9)13/h7-8H,3-6H2,1-2H3,(H,15,17,19). The second-order valence-electron chi connectivity index (χ2n) is 5.37. The maximum Gasteiger partial charge on any atom is 0.232 e. The summed E-state index contributed by atoms with van der Waals surface area (Å²) in [6.07, 6.45) is 1.24. The van der Waals surface area contributed by atoms with Crippen molar-refractivity contribution in [3.8, 4) is 0 Å². The quantitative estimate of drug-likeness (QED) is 0.900. The van der Waals surface area contributed by atoms with Crippen LogP contribution in [0.1, 0.15) is 25.3 Å². The maximum absolute atomic E-state index is 12.1. The van der Waals surface area contributed by atoms with Crippen molar-refractivity contribution in [1.82, 2.24) is 15.1 Å². The second kappa shape index (κ2) is 6.15. The second-order valence-corrected chi connectivity index (χ2v) is 7.27. The number of anilines is 1. The third-order valence-corrected chi connectivity index (χ3v) is 4.90. The van der Waals surface area contributed by atoms with Gasteiger partial charge in [0.1, 0.15) is 5.01 Å². The van der Waals surface area contributed by atoms with E-state index in [9.17, 15) is 4.79 Å². The molecule has 0 fully saturated rings. The fourth-order valence-electron chi connectivity index (χ4n) is 2.18. The van der Waals surface area contributed by atoms with Gasteiger partial charge >= 0.3 is 0 Å². The topological polar surface area (TPSA) is 70.5 Å². The molecule has 0 bridgehead atoms.